The molecule has 1 aromatic carbocycles. The number of fused-ring (bicyclic) bond motifs is 5. The van der Waals surface area contributed by atoms with Crippen molar-refractivity contribution in [3.05, 3.63) is 46.5 Å². The first-order valence-corrected chi connectivity index (χ1v) is 19.6. The SMILES string of the molecule is COc1cc2cc(c1Cl)N(C)C(=O)CC(OC(=O)C(C)N(C)C(O)C(C)N(C)C(=O)CCS)C1(C)OC1C(C)C1CC(O)(NC(=O)O1)C(OC)/C=C/C=C(\C)C2. The molecule has 0 spiro atoms. The standard InChI is InChI=1S/C39H57ClN4O11S/c1-21-12-11-13-29(52-10)39(50)20-28(53-37(49)41-39)22(2)34-38(5,55-34)30(19-32(46)44(8)26-17-25(16-21)18-27(51-9)33(26)40)54-36(48)24(4)43(7)35(47)23(3)42(6)31(45)14-15-56/h11-13,17-18,22-24,28-30,34-35,47,50,56H,14-16,19-20H2,1-10H3,(H,41,49)/b13-11+,21-12+. The van der Waals surface area contributed by atoms with Crippen molar-refractivity contribution in [2.24, 2.45) is 5.92 Å². The van der Waals surface area contributed by atoms with Crippen LogP contribution in [0.1, 0.15) is 59.4 Å². The first-order valence-electron chi connectivity index (χ1n) is 18.6. The van der Waals surface area contributed by atoms with E-state index < -0.39 is 77.9 Å². The monoisotopic (exact) mass is 824 g/mol. The Morgan fingerprint density at radius 2 is 1.89 bits per heavy atom. The second-order valence-corrected chi connectivity index (χ2v) is 16.0. The molecule has 56 heavy (non-hydrogen) atoms. The van der Waals surface area contributed by atoms with Crippen molar-refractivity contribution in [2.45, 2.75) is 114 Å². The number of thiol groups is 1. The van der Waals surface area contributed by atoms with Gasteiger partial charge >= 0.3 is 12.1 Å². The van der Waals surface area contributed by atoms with E-state index in [4.69, 9.17) is 35.3 Å². The fraction of sp³-hybridized carbons (Fsp3) is 0.641. The van der Waals surface area contributed by atoms with Crippen LogP contribution in [-0.4, -0.2) is 139 Å². The van der Waals surface area contributed by atoms with E-state index in [1.807, 2.05) is 13.0 Å². The van der Waals surface area contributed by atoms with Gasteiger partial charge in [0.2, 0.25) is 11.8 Å². The maximum absolute atomic E-state index is 14.2. The maximum Gasteiger partial charge on any atom is 0.409 e. The fourth-order valence-electron chi connectivity index (χ4n) is 7.28. The Morgan fingerprint density at radius 1 is 1.21 bits per heavy atom. The molecular formula is C39H57ClN4O11S. The highest BCUT2D eigenvalue weighted by molar-refractivity contribution is 7.80. The molecular weight excluding hydrogens is 768 g/mol. The van der Waals surface area contributed by atoms with E-state index in [1.165, 1.54) is 36.0 Å². The Morgan fingerprint density at radius 3 is 2.52 bits per heavy atom. The summed E-state index contributed by atoms with van der Waals surface area (Å²) in [5.41, 5.74) is -1.02. The van der Waals surface area contributed by atoms with Crippen molar-refractivity contribution in [3.8, 4) is 5.75 Å². The molecule has 3 aliphatic heterocycles. The predicted octanol–water partition coefficient (Wildman–Crippen LogP) is 3.47. The maximum atomic E-state index is 14.2. The highest BCUT2D eigenvalue weighted by Crippen LogP contribution is 2.49. The minimum Gasteiger partial charge on any atom is -0.495 e. The van der Waals surface area contributed by atoms with Gasteiger partial charge in [0, 0.05) is 40.0 Å². The number of allylic oxidation sites excluding steroid dienone is 3. The number of esters is 1. The van der Waals surface area contributed by atoms with Crippen LogP contribution in [0.5, 0.6) is 5.75 Å². The van der Waals surface area contributed by atoms with Gasteiger partial charge in [-0.3, -0.25) is 24.6 Å². The molecule has 3 aliphatic rings. The van der Waals surface area contributed by atoms with E-state index in [0.717, 1.165) is 11.1 Å². The van der Waals surface area contributed by atoms with E-state index in [-0.39, 0.29) is 30.2 Å². The summed E-state index contributed by atoms with van der Waals surface area (Å²) in [6, 6.07) is 1.84. The number of amides is 3. The summed E-state index contributed by atoms with van der Waals surface area (Å²) in [4.78, 5) is 57.7. The molecule has 312 valence electrons. The number of halogens is 1. The van der Waals surface area contributed by atoms with Gasteiger partial charge in [0.15, 0.2) is 5.72 Å². The predicted molar refractivity (Wildman–Crippen MR) is 213 cm³/mol. The van der Waals surface area contributed by atoms with Gasteiger partial charge in [-0.2, -0.15) is 12.6 Å². The van der Waals surface area contributed by atoms with Crippen molar-refractivity contribution in [2.75, 3.05) is 46.0 Å². The zero-order valence-corrected chi connectivity index (χ0v) is 35.4. The molecule has 0 saturated carbocycles. The molecule has 2 saturated heterocycles. The largest absolute Gasteiger partial charge is 0.495 e. The third-order valence-electron chi connectivity index (χ3n) is 11.3. The number of hydrogen-bond donors (Lipinski definition) is 4. The third-order valence-corrected chi connectivity index (χ3v) is 11.9. The lowest BCUT2D eigenvalue weighted by Gasteiger charge is -2.42. The first kappa shape index (κ1) is 45.3. The van der Waals surface area contributed by atoms with Crippen LogP contribution in [0.2, 0.25) is 5.02 Å². The summed E-state index contributed by atoms with van der Waals surface area (Å²) >= 11 is 10.9. The topological polar surface area (TPSA) is 180 Å². The molecule has 4 bridgehead atoms. The molecule has 17 heteroatoms. The second kappa shape index (κ2) is 18.5. The number of aliphatic hydroxyl groups excluding tert-OH is 1. The number of benzene rings is 1. The molecule has 1 aromatic rings. The van der Waals surface area contributed by atoms with Crippen LogP contribution in [0.3, 0.4) is 0 Å². The lowest BCUT2D eigenvalue weighted by molar-refractivity contribution is -0.165. The minimum atomic E-state index is -1.85. The smallest absolute Gasteiger partial charge is 0.409 e. The Labute approximate surface area is 339 Å². The average Bonchev–Trinajstić information content (AvgIpc) is 3.85. The van der Waals surface area contributed by atoms with Crippen LogP contribution in [0.4, 0.5) is 10.5 Å². The van der Waals surface area contributed by atoms with E-state index in [9.17, 15) is 29.4 Å². The summed E-state index contributed by atoms with van der Waals surface area (Å²) in [5, 5.41) is 25.7. The molecule has 4 rings (SSSR count). The van der Waals surface area contributed by atoms with E-state index >= 15 is 0 Å². The number of epoxide rings is 1. The number of nitrogens with one attached hydrogen (secondary N) is 1. The highest BCUT2D eigenvalue weighted by atomic mass is 35.5. The number of likely N-dealkylation sites (N-methyl/N-ethyl adjacent to an activating group) is 2. The molecule has 0 aliphatic carbocycles. The molecule has 15 nitrogen and oxygen atoms in total. The van der Waals surface area contributed by atoms with Crippen molar-refractivity contribution in [3.63, 3.8) is 0 Å². The summed E-state index contributed by atoms with van der Waals surface area (Å²) < 4.78 is 29.3. The van der Waals surface area contributed by atoms with Gasteiger partial charge in [-0.1, -0.05) is 42.3 Å². The van der Waals surface area contributed by atoms with Crippen molar-refractivity contribution in [1.29, 1.82) is 0 Å². The molecule has 10 atom stereocenters. The van der Waals surface area contributed by atoms with Crippen LogP contribution in [0.15, 0.2) is 35.9 Å². The Balaban J connectivity index is 1.73. The Kier molecular flexibility index (Phi) is 15.0. The number of anilines is 1. The summed E-state index contributed by atoms with van der Waals surface area (Å²) in [5.74, 6) is -1.28. The minimum absolute atomic E-state index is 0.0690. The van der Waals surface area contributed by atoms with Gasteiger partial charge in [0.05, 0.1) is 31.4 Å². The normalized spacial score (nSPS) is 31.4. The zero-order valence-electron chi connectivity index (χ0n) is 33.8. The Hall–Kier alpha value is -3.38. The van der Waals surface area contributed by atoms with Crippen molar-refractivity contribution < 1.29 is 53.1 Å². The van der Waals surface area contributed by atoms with Crippen molar-refractivity contribution >= 4 is 53.8 Å². The van der Waals surface area contributed by atoms with Gasteiger partial charge in [0.1, 0.15) is 47.0 Å². The molecule has 0 aromatic heterocycles. The molecule has 10 unspecified atom stereocenters. The van der Waals surface area contributed by atoms with Crippen LogP contribution in [0, 0.1) is 5.92 Å². The van der Waals surface area contributed by atoms with Gasteiger partial charge in [-0.05, 0) is 64.6 Å². The molecule has 3 heterocycles. The van der Waals surface area contributed by atoms with Gasteiger partial charge in [-0.15, -0.1) is 0 Å². The summed E-state index contributed by atoms with van der Waals surface area (Å²) in [6.45, 7) is 8.62. The van der Waals surface area contributed by atoms with E-state index in [1.54, 1.807) is 66.1 Å². The Bertz CT molecular complexity index is 1700. The lowest BCUT2D eigenvalue weighted by Crippen LogP contribution is -2.63. The number of methoxy groups -OCH3 is 2. The van der Waals surface area contributed by atoms with E-state index in [0.29, 0.717) is 23.6 Å². The average molecular weight is 825 g/mol. The van der Waals surface area contributed by atoms with Crippen LogP contribution < -0.4 is 15.0 Å². The number of ether oxygens (including phenoxy) is 5. The van der Waals surface area contributed by atoms with Gasteiger partial charge in [0.25, 0.3) is 0 Å². The van der Waals surface area contributed by atoms with E-state index in [2.05, 4.69) is 17.9 Å². The first-order chi connectivity index (χ1) is 26.2. The summed E-state index contributed by atoms with van der Waals surface area (Å²) in [7, 11) is 7.57. The number of nitrogens with zero attached hydrogens (tertiary/aromatic N) is 3. The van der Waals surface area contributed by atoms with Gasteiger partial charge < -0.3 is 43.7 Å². The lowest BCUT2D eigenvalue weighted by atomic mass is 9.83. The van der Waals surface area contributed by atoms with Crippen LogP contribution in [-0.2, 0) is 39.8 Å². The molecule has 2 fully saturated rings. The molecule has 0 radical (unpaired) electrons. The zero-order chi connectivity index (χ0) is 41.9. The molecule has 3 amide bonds. The molecule has 3 N–H and O–H groups in total. The van der Waals surface area contributed by atoms with Crippen molar-refractivity contribution in [1.82, 2.24) is 15.1 Å². The fourth-order valence-corrected chi connectivity index (χ4v) is 7.78. The number of carbonyl (C=O) groups is 4. The van der Waals surface area contributed by atoms with Gasteiger partial charge in [-0.25, -0.2) is 4.79 Å². The van der Waals surface area contributed by atoms with Crippen LogP contribution >= 0.6 is 24.2 Å². The second-order valence-electron chi connectivity index (χ2n) is 15.2. The number of hydrogen-bond acceptors (Lipinski definition) is 13. The highest BCUT2D eigenvalue weighted by Gasteiger charge is 2.64. The quantitative estimate of drug-likeness (QED) is 0.117. The number of rotatable bonds is 10. The number of aliphatic hydroxyl groups is 2. The summed E-state index contributed by atoms with van der Waals surface area (Å²) in [6.07, 6.45) is -0.347. The van der Waals surface area contributed by atoms with Crippen LogP contribution in [0.25, 0.3) is 0 Å². The third kappa shape index (κ3) is 9.83. The number of carbonyl (C=O) groups excluding carboxylic acids is 4. The number of alkyl carbamates (subject to hydrolysis) is 1.